The van der Waals surface area contributed by atoms with Gasteiger partial charge in [-0.25, -0.2) is 0 Å². The third-order valence-corrected chi connectivity index (χ3v) is 5.20. The van der Waals surface area contributed by atoms with Gasteiger partial charge in [0.25, 0.3) is 5.91 Å². The summed E-state index contributed by atoms with van der Waals surface area (Å²) in [5.41, 5.74) is 2.10. The highest BCUT2D eigenvalue weighted by Crippen LogP contribution is 2.43. The minimum absolute atomic E-state index is 0.0109. The summed E-state index contributed by atoms with van der Waals surface area (Å²) in [5.74, 6) is -0.597. The summed E-state index contributed by atoms with van der Waals surface area (Å²) in [6, 6.07) is 13.0. The molecule has 0 radical (unpaired) electrons. The van der Waals surface area contributed by atoms with Gasteiger partial charge < -0.3 is 15.5 Å². The van der Waals surface area contributed by atoms with Gasteiger partial charge in [-0.1, -0.05) is 23.9 Å². The average Bonchev–Trinajstić information content (AvgIpc) is 2.73. The Morgan fingerprint density at radius 2 is 1.85 bits per heavy atom. The molecule has 6 nitrogen and oxygen atoms in total. The molecule has 3 amide bonds. The number of fused-ring (bicyclic) bond motifs is 2. The minimum Gasteiger partial charge on any atom is -0.347 e. The van der Waals surface area contributed by atoms with Crippen LogP contribution in [0, 0.1) is 0 Å². The number of nitrogens with one attached hydrogen (secondary N) is 2. The van der Waals surface area contributed by atoms with Gasteiger partial charge in [0, 0.05) is 28.4 Å². The molecule has 0 saturated heterocycles. The molecule has 27 heavy (non-hydrogen) atoms. The number of anilines is 2. The number of rotatable bonds is 4. The first-order valence-corrected chi connectivity index (χ1v) is 9.47. The Morgan fingerprint density at radius 1 is 1.11 bits per heavy atom. The summed E-state index contributed by atoms with van der Waals surface area (Å²) in [7, 11) is 0. The number of amides is 3. The fourth-order valence-electron chi connectivity index (χ4n) is 2.89. The van der Waals surface area contributed by atoms with Crippen molar-refractivity contribution in [1.82, 2.24) is 5.32 Å². The van der Waals surface area contributed by atoms with Crippen molar-refractivity contribution in [2.24, 2.45) is 0 Å². The van der Waals surface area contributed by atoms with Crippen LogP contribution >= 0.6 is 11.8 Å². The third-order valence-electron chi connectivity index (χ3n) is 4.07. The van der Waals surface area contributed by atoms with Gasteiger partial charge in [0.15, 0.2) is 0 Å². The van der Waals surface area contributed by atoms with Crippen molar-refractivity contribution in [3.05, 3.63) is 48.0 Å². The predicted molar refractivity (Wildman–Crippen MR) is 106 cm³/mol. The van der Waals surface area contributed by atoms with Crippen LogP contribution < -0.4 is 15.5 Å². The summed E-state index contributed by atoms with van der Waals surface area (Å²) in [5, 5.41) is 5.25. The zero-order valence-corrected chi connectivity index (χ0v) is 16.2. The molecule has 0 spiro atoms. The summed E-state index contributed by atoms with van der Waals surface area (Å²) < 4.78 is 0. The van der Waals surface area contributed by atoms with E-state index in [0.717, 1.165) is 15.5 Å². The number of nitrogens with zero attached hydrogens (tertiary/aromatic N) is 1. The van der Waals surface area contributed by atoms with Crippen molar-refractivity contribution < 1.29 is 14.4 Å². The zero-order chi connectivity index (χ0) is 19.6. The molecular weight excluding hydrogens is 362 g/mol. The SMILES string of the molecule is CC(=O)NCC(=O)Nc1ccc2c(c1)Sc1ccccc1C(=O)N2C(C)C. The largest absolute Gasteiger partial charge is 0.347 e. The van der Waals surface area contributed by atoms with Crippen molar-refractivity contribution in [1.29, 1.82) is 0 Å². The first-order chi connectivity index (χ1) is 12.9. The molecule has 0 bridgehead atoms. The van der Waals surface area contributed by atoms with E-state index in [2.05, 4.69) is 10.6 Å². The van der Waals surface area contributed by atoms with Gasteiger partial charge in [-0.05, 0) is 44.2 Å². The van der Waals surface area contributed by atoms with E-state index in [1.165, 1.54) is 18.7 Å². The number of benzene rings is 2. The summed E-state index contributed by atoms with van der Waals surface area (Å²) in [4.78, 5) is 39.5. The van der Waals surface area contributed by atoms with E-state index in [4.69, 9.17) is 0 Å². The molecule has 2 N–H and O–H groups in total. The van der Waals surface area contributed by atoms with Crippen LogP contribution in [-0.4, -0.2) is 30.3 Å². The summed E-state index contributed by atoms with van der Waals surface area (Å²) >= 11 is 1.50. The van der Waals surface area contributed by atoms with Gasteiger partial charge in [0.1, 0.15) is 0 Å². The fraction of sp³-hybridized carbons (Fsp3) is 0.250. The Hall–Kier alpha value is -2.80. The second-order valence-corrected chi connectivity index (χ2v) is 7.59. The van der Waals surface area contributed by atoms with Crippen LogP contribution in [0.15, 0.2) is 52.3 Å². The third kappa shape index (κ3) is 4.14. The molecule has 0 aliphatic carbocycles. The van der Waals surface area contributed by atoms with E-state index in [-0.39, 0.29) is 30.3 Å². The molecule has 2 aromatic rings. The molecule has 0 aromatic heterocycles. The number of carbonyl (C=O) groups excluding carboxylic acids is 3. The van der Waals surface area contributed by atoms with Crippen molar-refractivity contribution in [2.75, 3.05) is 16.8 Å². The molecule has 3 rings (SSSR count). The molecule has 7 heteroatoms. The second kappa shape index (κ2) is 7.84. The zero-order valence-electron chi connectivity index (χ0n) is 15.4. The lowest BCUT2D eigenvalue weighted by molar-refractivity contribution is -0.122. The highest BCUT2D eigenvalue weighted by atomic mass is 32.2. The molecule has 1 aliphatic heterocycles. The van der Waals surface area contributed by atoms with Crippen LogP contribution in [0.25, 0.3) is 0 Å². The Bertz CT molecular complexity index is 911. The van der Waals surface area contributed by atoms with E-state index in [0.29, 0.717) is 11.3 Å². The van der Waals surface area contributed by atoms with Crippen molar-refractivity contribution >= 4 is 40.9 Å². The van der Waals surface area contributed by atoms with Gasteiger partial charge in [-0.3, -0.25) is 14.4 Å². The molecule has 2 aromatic carbocycles. The Morgan fingerprint density at radius 3 is 2.56 bits per heavy atom. The standard InChI is InChI=1S/C20H21N3O3S/c1-12(2)23-16-9-8-14(22-19(25)11-21-13(3)24)10-18(16)27-17-7-5-4-6-15(17)20(23)26/h4-10,12H,11H2,1-3H3,(H,21,24)(H,22,25). The van der Waals surface area contributed by atoms with Crippen LogP contribution in [0.2, 0.25) is 0 Å². The van der Waals surface area contributed by atoms with Crippen LogP contribution in [0.1, 0.15) is 31.1 Å². The topological polar surface area (TPSA) is 78.5 Å². The average molecular weight is 383 g/mol. The summed E-state index contributed by atoms with van der Waals surface area (Å²) in [6.07, 6.45) is 0. The lowest BCUT2D eigenvalue weighted by Gasteiger charge is -2.27. The maximum Gasteiger partial charge on any atom is 0.259 e. The van der Waals surface area contributed by atoms with E-state index in [1.54, 1.807) is 11.0 Å². The van der Waals surface area contributed by atoms with Gasteiger partial charge in [-0.2, -0.15) is 0 Å². The number of hydrogen-bond acceptors (Lipinski definition) is 4. The normalized spacial score (nSPS) is 12.9. The molecule has 1 aliphatic rings. The summed E-state index contributed by atoms with van der Waals surface area (Å²) in [6.45, 7) is 5.23. The fourth-order valence-corrected chi connectivity index (χ4v) is 3.99. The predicted octanol–water partition coefficient (Wildman–Crippen LogP) is 3.28. The molecule has 0 saturated carbocycles. The molecule has 140 valence electrons. The van der Waals surface area contributed by atoms with Crippen molar-refractivity contribution in [3.63, 3.8) is 0 Å². The van der Waals surface area contributed by atoms with Gasteiger partial charge in [0.05, 0.1) is 17.8 Å². The lowest BCUT2D eigenvalue weighted by Crippen LogP contribution is -2.37. The molecule has 0 fully saturated rings. The number of carbonyl (C=O) groups is 3. The highest BCUT2D eigenvalue weighted by molar-refractivity contribution is 7.99. The Balaban J connectivity index is 1.95. The van der Waals surface area contributed by atoms with E-state index < -0.39 is 0 Å². The smallest absolute Gasteiger partial charge is 0.259 e. The van der Waals surface area contributed by atoms with E-state index >= 15 is 0 Å². The maximum absolute atomic E-state index is 13.1. The maximum atomic E-state index is 13.1. The van der Waals surface area contributed by atoms with Gasteiger partial charge >= 0.3 is 0 Å². The Kier molecular flexibility index (Phi) is 5.51. The van der Waals surface area contributed by atoms with Crippen molar-refractivity contribution in [2.45, 2.75) is 36.6 Å². The first-order valence-electron chi connectivity index (χ1n) is 8.65. The number of hydrogen-bond donors (Lipinski definition) is 2. The highest BCUT2D eigenvalue weighted by Gasteiger charge is 2.29. The van der Waals surface area contributed by atoms with Gasteiger partial charge in [0.2, 0.25) is 11.8 Å². The first kappa shape index (κ1) is 19.0. The van der Waals surface area contributed by atoms with Crippen LogP contribution in [0.4, 0.5) is 11.4 Å². The lowest BCUT2D eigenvalue weighted by atomic mass is 10.1. The molecule has 0 atom stereocenters. The second-order valence-electron chi connectivity index (χ2n) is 6.51. The van der Waals surface area contributed by atoms with E-state index in [1.807, 2.05) is 50.2 Å². The van der Waals surface area contributed by atoms with Gasteiger partial charge in [-0.15, -0.1) is 0 Å². The molecule has 1 heterocycles. The monoisotopic (exact) mass is 383 g/mol. The molecular formula is C20H21N3O3S. The van der Waals surface area contributed by atoms with Crippen LogP contribution in [-0.2, 0) is 9.59 Å². The van der Waals surface area contributed by atoms with Crippen LogP contribution in [0.5, 0.6) is 0 Å². The van der Waals surface area contributed by atoms with Crippen molar-refractivity contribution in [3.8, 4) is 0 Å². The van der Waals surface area contributed by atoms with Crippen LogP contribution in [0.3, 0.4) is 0 Å². The van der Waals surface area contributed by atoms with E-state index in [9.17, 15) is 14.4 Å². The minimum atomic E-state index is -0.305. The Labute approximate surface area is 162 Å². The quantitative estimate of drug-likeness (QED) is 0.849. The molecule has 0 unspecified atom stereocenters.